The summed E-state index contributed by atoms with van der Waals surface area (Å²) in [4.78, 5) is 72.0. The van der Waals surface area contributed by atoms with Crippen LogP contribution < -0.4 is 10.1 Å². The number of carbonyl (C=O) groups excluding carboxylic acids is 5. The van der Waals surface area contributed by atoms with Gasteiger partial charge < -0.3 is 34.4 Å². The van der Waals surface area contributed by atoms with Gasteiger partial charge in [0.1, 0.15) is 29.8 Å². The Morgan fingerprint density at radius 3 is 2.44 bits per heavy atom. The molecule has 12 nitrogen and oxygen atoms in total. The molecule has 2 fully saturated rings. The van der Waals surface area contributed by atoms with Crippen molar-refractivity contribution < 1.29 is 37.8 Å². The molecule has 3 aliphatic heterocycles. The smallest absolute Gasteiger partial charge is 0.407 e. The Morgan fingerprint density at radius 1 is 1.07 bits per heavy atom. The highest BCUT2D eigenvalue weighted by molar-refractivity contribution is 5.99. The zero-order chi connectivity index (χ0) is 31.5. The topological polar surface area (TPSA) is 129 Å². The van der Waals surface area contributed by atoms with Crippen LogP contribution in [0.4, 0.5) is 9.18 Å². The summed E-state index contributed by atoms with van der Waals surface area (Å²) in [7, 11) is 2.98. The van der Waals surface area contributed by atoms with E-state index in [-0.39, 0.29) is 61.6 Å². The molecule has 0 unspecified atom stereocenters. The summed E-state index contributed by atoms with van der Waals surface area (Å²) < 4.78 is 25.8. The van der Waals surface area contributed by atoms with Crippen LogP contribution in [0.1, 0.15) is 63.2 Å². The van der Waals surface area contributed by atoms with E-state index in [2.05, 4.69) is 5.32 Å². The largest absolute Gasteiger partial charge is 0.491 e. The van der Waals surface area contributed by atoms with Crippen LogP contribution in [0.15, 0.2) is 18.2 Å². The van der Waals surface area contributed by atoms with E-state index in [9.17, 15) is 28.4 Å². The van der Waals surface area contributed by atoms with Gasteiger partial charge in [0.15, 0.2) is 0 Å². The molecule has 43 heavy (non-hydrogen) atoms. The standard InChI is InChI=1S/C30H42FN5O7/c1-30(2,3)43-29(41)32-20-15-21-18-42-24-10-8-19(31)14-22(24)27(39)34(5)23(28(40)35-12-6-7-13-35)9-11-25(37)33(4)17-26(38)36(21)16-20/h8,10,14,20-21,23H,6-7,9,11-13,15-18H2,1-5H3,(H,32,41)/t20-,21+,23+/m1/s1. The third-order valence-electron chi connectivity index (χ3n) is 7.98. The van der Waals surface area contributed by atoms with E-state index in [1.807, 2.05) is 0 Å². The number of ether oxygens (including phenoxy) is 2. The van der Waals surface area contributed by atoms with E-state index in [0.717, 1.165) is 18.9 Å². The first-order valence-corrected chi connectivity index (χ1v) is 14.7. The van der Waals surface area contributed by atoms with E-state index < -0.39 is 41.5 Å². The Kier molecular flexibility index (Phi) is 9.81. The quantitative estimate of drug-likeness (QED) is 0.548. The predicted octanol–water partition coefficient (Wildman–Crippen LogP) is 2.01. The lowest BCUT2D eigenvalue weighted by Crippen LogP contribution is -2.49. The number of nitrogens with zero attached hydrogens (tertiary/aromatic N) is 4. The van der Waals surface area contributed by atoms with Crippen molar-refractivity contribution in [3.63, 3.8) is 0 Å². The molecule has 5 amide bonds. The van der Waals surface area contributed by atoms with Crippen LogP contribution in [0.3, 0.4) is 0 Å². The van der Waals surface area contributed by atoms with E-state index in [0.29, 0.717) is 19.5 Å². The summed E-state index contributed by atoms with van der Waals surface area (Å²) in [6, 6.07) is 1.67. The molecule has 2 saturated heterocycles. The summed E-state index contributed by atoms with van der Waals surface area (Å²) >= 11 is 0. The second-order valence-corrected chi connectivity index (χ2v) is 12.5. The van der Waals surface area contributed by atoms with Gasteiger partial charge in [0, 0.05) is 40.2 Å². The van der Waals surface area contributed by atoms with E-state index >= 15 is 0 Å². The minimum absolute atomic E-state index is 0.0364. The first-order chi connectivity index (χ1) is 20.2. The van der Waals surface area contributed by atoms with E-state index in [4.69, 9.17) is 9.47 Å². The average Bonchev–Trinajstić information content (AvgIpc) is 3.60. The number of nitrogens with one attached hydrogen (secondary N) is 1. The first kappa shape index (κ1) is 32.0. The van der Waals surface area contributed by atoms with E-state index in [1.165, 1.54) is 36.0 Å². The Hall–Kier alpha value is -3.90. The molecule has 1 N–H and O–H groups in total. The molecule has 0 aromatic heterocycles. The normalized spacial score (nSPS) is 24.1. The Morgan fingerprint density at radius 2 is 1.77 bits per heavy atom. The molecule has 0 saturated carbocycles. The second-order valence-electron chi connectivity index (χ2n) is 12.5. The van der Waals surface area contributed by atoms with Crippen molar-refractivity contribution in [3.8, 4) is 5.75 Å². The fourth-order valence-electron chi connectivity index (χ4n) is 5.74. The van der Waals surface area contributed by atoms with Gasteiger partial charge in [-0.05, 0) is 64.7 Å². The number of carbonyl (C=O) groups is 5. The van der Waals surface area contributed by atoms with Crippen LogP contribution in [-0.4, -0.2) is 120 Å². The molecular formula is C30H42FN5O7. The van der Waals surface area contributed by atoms with Gasteiger partial charge in [0.05, 0.1) is 24.2 Å². The van der Waals surface area contributed by atoms with Crippen LogP contribution in [-0.2, 0) is 19.1 Å². The molecule has 0 spiro atoms. The molecule has 0 aliphatic carbocycles. The van der Waals surface area contributed by atoms with Crippen LogP contribution in [0.5, 0.6) is 5.75 Å². The number of amides is 5. The molecule has 0 radical (unpaired) electrons. The first-order valence-electron chi connectivity index (χ1n) is 14.7. The SMILES string of the molecule is CN1CC(=O)N2C[C@H](NC(=O)OC(C)(C)C)C[C@H]2COc2ccc(F)cc2C(=O)N(C)[C@H](C(=O)N2CCCC2)CCC1=O. The van der Waals surface area contributed by atoms with Gasteiger partial charge >= 0.3 is 6.09 Å². The maximum absolute atomic E-state index is 14.4. The van der Waals surface area contributed by atoms with Crippen molar-refractivity contribution in [2.24, 2.45) is 0 Å². The van der Waals surface area contributed by atoms with Gasteiger partial charge in [-0.2, -0.15) is 0 Å². The number of hydrogen-bond acceptors (Lipinski definition) is 7. The number of alkyl carbamates (subject to hydrolysis) is 1. The monoisotopic (exact) mass is 603 g/mol. The average molecular weight is 604 g/mol. The number of fused-ring (bicyclic) bond motifs is 2. The number of likely N-dealkylation sites (tertiary alicyclic amines) is 1. The molecule has 3 atom stereocenters. The van der Waals surface area contributed by atoms with Crippen molar-refractivity contribution >= 4 is 29.7 Å². The molecule has 3 aliphatic rings. The van der Waals surface area contributed by atoms with Gasteiger partial charge in [-0.3, -0.25) is 19.2 Å². The maximum Gasteiger partial charge on any atom is 0.407 e. The van der Waals surface area contributed by atoms with Gasteiger partial charge in [0.2, 0.25) is 17.7 Å². The van der Waals surface area contributed by atoms with Gasteiger partial charge in [-0.1, -0.05) is 0 Å². The van der Waals surface area contributed by atoms with Crippen molar-refractivity contribution in [2.45, 2.75) is 76.6 Å². The Balaban J connectivity index is 1.63. The summed E-state index contributed by atoms with van der Waals surface area (Å²) in [5.74, 6) is -2.14. The van der Waals surface area contributed by atoms with Gasteiger partial charge in [0.25, 0.3) is 5.91 Å². The fourth-order valence-corrected chi connectivity index (χ4v) is 5.74. The highest BCUT2D eigenvalue weighted by Gasteiger charge is 2.39. The van der Waals surface area contributed by atoms with Crippen molar-refractivity contribution in [3.05, 3.63) is 29.6 Å². The second kappa shape index (κ2) is 13.2. The summed E-state index contributed by atoms with van der Waals surface area (Å²) in [6.45, 7) is 6.27. The molecule has 236 valence electrons. The van der Waals surface area contributed by atoms with Crippen LogP contribution >= 0.6 is 0 Å². The van der Waals surface area contributed by atoms with Crippen LogP contribution in [0, 0.1) is 5.82 Å². The Bertz CT molecular complexity index is 1250. The summed E-state index contributed by atoms with van der Waals surface area (Å²) in [5, 5.41) is 2.80. The minimum atomic E-state index is -0.956. The maximum atomic E-state index is 14.4. The number of rotatable bonds is 2. The van der Waals surface area contributed by atoms with Crippen molar-refractivity contribution in [1.82, 2.24) is 24.9 Å². The molecular weight excluding hydrogens is 561 g/mol. The number of halogens is 1. The minimum Gasteiger partial charge on any atom is -0.491 e. The number of hydrogen-bond donors (Lipinski definition) is 1. The molecule has 1 aromatic rings. The van der Waals surface area contributed by atoms with Crippen LogP contribution in [0.2, 0.25) is 0 Å². The van der Waals surface area contributed by atoms with Crippen molar-refractivity contribution in [1.29, 1.82) is 0 Å². The molecule has 0 bridgehead atoms. The zero-order valence-electron chi connectivity index (χ0n) is 25.6. The lowest BCUT2D eigenvalue weighted by molar-refractivity contribution is -0.141. The number of likely N-dealkylation sites (N-methyl/N-ethyl adjacent to an activating group) is 2. The molecule has 13 heteroatoms. The van der Waals surface area contributed by atoms with Gasteiger partial charge in [-0.15, -0.1) is 0 Å². The Labute approximate surface area is 251 Å². The molecule has 3 heterocycles. The lowest BCUT2D eigenvalue weighted by Gasteiger charge is -2.31. The third-order valence-corrected chi connectivity index (χ3v) is 7.98. The third kappa shape index (κ3) is 7.94. The molecule has 4 rings (SSSR count). The van der Waals surface area contributed by atoms with E-state index in [1.54, 1.807) is 30.6 Å². The molecule has 1 aromatic carbocycles. The summed E-state index contributed by atoms with van der Waals surface area (Å²) in [5.41, 5.74) is -0.773. The van der Waals surface area contributed by atoms with Crippen LogP contribution in [0.25, 0.3) is 0 Å². The predicted molar refractivity (Wildman–Crippen MR) is 154 cm³/mol. The lowest BCUT2D eigenvalue weighted by atomic mass is 10.1. The summed E-state index contributed by atoms with van der Waals surface area (Å²) in [6.07, 6.45) is 1.38. The zero-order valence-corrected chi connectivity index (χ0v) is 25.6. The number of benzene rings is 1. The van der Waals surface area contributed by atoms with Gasteiger partial charge in [-0.25, -0.2) is 9.18 Å². The highest BCUT2D eigenvalue weighted by Crippen LogP contribution is 2.27. The van der Waals surface area contributed by atoms with Crippen molar-refractivity contribution in [2.75, 3.05) is 46.9 Å². The highest BCUT2D eigenvalue weighted by atomic mass is 19.1. The fraction of sp³-hybridized carbons (Fsp3) is 0.633.